The van der Waals surface area contributed by atoms with E-state index in [1.54, 1.807) is 17.2 Å². The van der Waals surface area contributed by atoms with Crippen molar-refractivity contribution in [2.45, 2.75) is 89.3 Å². The van der Waals surface area contributed by atoms with Crippen LogP contribution in [-0.4, -0.2) is 47.0 Å². The molecule has 0 radical (unpaired) electrons. The Morgan fingerprint density at radius 3 is 2.44 bits per heavy atom. The van der Waals surface area contributed by atoms with Gasteiger partial charge in [-0.3, -0.25) is 4.90 Å². The van der Waals surface area contributed by atoms with Crippen LogP contribution >= 0.6 is 11.3 Å². The van der Waals surface area contributed by atoms with Crippen molar-refractivity contribution >= 4 is 27.5 Å². The van der Waals surface area contributed by atoms with Gasteiger partial charge in [0, 0.05) is 17.0 Å². The number of H-pyrrole nitrogens is 1. The third-order valence-corrected chi connectivity index (χ3v) is 10.7. The number of benzene rings is 1. The summed E-state index contributed by atoms with van der Waals surface area (Å²) in [5, 5.41) is 0. The van der Waals surface area contributed by atoms with E-state index in [0.29, 0.717) is 30.8 Å². The van der Waals surface area contributed by atoms with Crippen molar-refractivity contribution in [3.63, 3.8) is 0 Å². The number of aromatic amines is 1. The van der Waals surface area contributed by atoms with Gasteiger partial charge in [0.05, 0.1) is 22.8 Å². The molecule has 1 amide bonds. The highest BCUT2D eigenvalue weighted by Gasteiger charge is 2.50. The molecule has 0 bridgehead atoms. The Labute approximate surface area is 252 Å². The zero-order chi connectivity index (χ0) is 30.8. The molecule has 2 fully saturated rings. The van der Waals surface area contributed by atoms with Crippen LogP contribution in [0, 0.1) is 5.41 Å². The maximum atomic E-state index is 13.2. The molecule has 6 rings (SSSR count). The normalized spacial score (nSPS) is 20.1. The van der Waals surface area contributed by atoms with Gasteiger partial charge in [-0.25, -0.2) is 9.78 Å². The first kappa shape index (κ1) is 30.0. The third kappa shape index (κ3) is 5.77. The first-order valence-electron chi connectivity index (χ1n) is 14.5. The van der Waals surface area contributed by atoms with E-state index in [0.717, 1.165) is 65.1 Å². The molecule has 43 heavy (non-hydrogen) atoms. The number of halogens is 3. The second kappa shape index (κ2) is 10.5. The number of ether oxygens (including phenoxy) is 1. The molecule has 1 atom stereocenters. The van der Waals surface area contributed by atoms with Crippen molar-refractivity contribution in [2.24, 2.45) is 5.41 Å². The zero-order valence-electron chi connectivity index (χ0n) is 24.2. The van der Waals surface area contributed by atoms with Crippen molar-refractivity contribution in [1.29, 1.82) is 0 Å². The Kier molecular flexibility index (Phi) is 7.35. The van der Waals surface area contributed by atoms with Gasteiger partial charge in [0.25, 0.3) is 0 Å². The monoisotopic (exact) mass is 637 g/mol. The van der Waals surface area contributed by atoms with E-state index in [2.05, 4.69) is 14.2 Å². The smallest absolute Gasteiger partial charge is 0.444 e. The lowest BCUT2D eigenvalue weighted by molar-refractivity contribution is -0.0500. The van der Waals surface area contributed by atoms with Crippen LogP contribution in [0.4, 0.5) is 18.0 Å². The average Bonchev–Trinajstić information content (AvgIpc) is 3.73. The number of thiophene rings is 1. The number of carbonyl (C=O) groups excluding carboxylic acids is 1. The van der Waals surface area contributed by atoms with Crippen molar-refractivity contribution in [1.82, 2.24) is 14.9 Å². The second-order valence-electron chi connectivity index (χ2n) is 12.8. The minimum atomic E-state index is -5.78. The molecule has 1 spiro atoms. The van der Waals surface area contributed by atoms with Gasteiger partial charge in [0.1, 0.15) is 17.2 Å². The average molecular weight is 638 g/mol. The Bertz CT molecular complexity index is 1650. The minimum absolute atomic E-state index is 0.0851. The molecule has 2 aliphatic carbocycles. The highest BCUT2D eigenvalue weighted by atomic mass is 32.2. The molecule has 1 N–H and O–H groups in total. The maximum absolute atomic E-state index is 13.2. The van der Waals surface area contributed by atoms with Gasteiger partial charge in [-0.15, -0.1) is 11.3 Å². The van der Waals surface area contributed by atoms with E-state index in [1.807, 2.05) is 32.9 Å². The predicted molar refractivity (Wildman–Crippen MR) is 156 cm³/mol. The van der Waals surface area contributed by atoms with Crippen molar-refractivity contribution in [2.75, 3.05) is 6.54 Å². The number of fused-ring (bicyclic) bond motifs is 1. The molecule has 1 aromatic carbocycles. The van der Waals surface area contributed by atoms with Crippen LogP contribution in [0.2, 0.25) is 0 Å². The summed E-state index contributed by atoms with van der Waals surface area (Å²) in [6, 6.07) is 6.73. The summed E-state index contributed by atoms with van der Waals surface area (Å²) in [4.78, 5) is 24.3. The summed E-state index contributed by atoms with van der Waals surface area (Å²) in [7, 11) is -5.78. The number of alkyl halides is 3. The Morgan fingerprint density at radius 1 is 1.05 bits per heavy atom. The topological polar surface area (TPSA) is 102 Å². The summed E-state index contributed by atoms with van der Waals surface area (Å²) in [5.74, 6) is 0.450. The fourth-order valence-electron chi connectivity index (χ4n) is 6.68. The Morgan fingerprint density at radius 2 is 1.74 bits per heavy atom. The Hall–Kier alpha value is -3.06. The molecule has 232 valence electrons. The van der Waals surface area contributed by atoms with E-state index in [1.165, 1.54) is 17.4 Å². The number of imidazole rings is 1. The molecule has 0 unspecified atom stereocenters. The third-order valence-electron chi connectivity index (χ3n) is 8.57. The first-order valence-corrected chi connectivity index (χ1v) is 16.7. The van der Waals surface area contributed by atoms with Crippen LogP contribution < -0.4 is 4.18 Å². The molecule has 8 nitrogen and oxygen atoms in total. The number of amides is 1. The molecule has 2 aromatic heterocycles. The fraction of sp³-hybridized carbons (Fsp3) is 0.533. The zero-order valence-corrected chi connectivity index (χ0v) is 25.8. The molecule has 1 aliphatic heterocycles. The van der Waals surface area contributed by atoms with Gasteiger partial charge in [0.2, 0.25) is 0 Å². The second-order valence-corrected chi connectivity index (χ2v) is 15.4. The quantitative estimate of drug-likeness (QED) is 0.227. The number of hydrogen-bond acceptors (Lipinski definition) is 7. The SMILES string of the molecule is CC(C)(C)OC(=O)N1CCC[C@H]1c1ncc(-c2ccc(-c3ccc(OS(=O)(=O)C(F)(F)F)c4c3CC3(CCCC3)C4)s2)[nH]1. The van der Waals surface area contributed by atoms with E-state index in [4.69, 9.17) is 4.74 Å². The van der Waals surface area contributed by atoms with Crippen LogP contribution in [0.5, 0.6) is 5.75 Å². The van der Waals surface area contributed by atoms with Crippen LogP contribution in [0.3, 0.4) is 0 Å². The number of aromatic nitrogens is 2. The summed E-state index contributed by atoms with van der Waals surface area (Å²) < 4.78 is 73.5. The predicted octanol–water partition coefficient (Wildman–Crippen LogP) is 7.76. The summed E-state index contributed by atoms with van der Waals surface area (Å²) in [5.41, 5.74) is -3.11. The van der Waals surface area contributed by atoms with Crippen LogP contribution in [0.25, 0.3) is 21.0 Å². The van der Waals surface area contributed by atoms with Crippen molar-refractivity contribution < 1.29 is 35.3 Å². The van der Waals surface area contributed by atoms with Crippen molar-refractivity contribution in [3.05, 3.63) is 47.4 Å². The van der Waals surface area contributed by atoms with E-state index < -0.39 is 21.2 Å². The summed E-state index contributed by atoms with van der Waals surface area (Å²) in [6.07, 6.45) is 8.13. The Balaban J connectivity index is 1.28. The van der Waals surface area contributed by atoms with Gasteiger partial charge in [0.15, 0.2) is 0 Å². The van der Waals surface area contributed by atoms with Crippen LogP contribution in [-0.2, 0) is 27.7 Å². The number of nitrogens with zero attached hydrogens (tertiary/aromatic N) is 2. The van der Waals surface area contributed by atoms with Gasteiger partial charge in [-0.05, 0) is 100 Å². The minimum Gasteiger partial charge on any atom is -0.444 e. The van der Waals surface area contributed by atoms with Gasteiger partial charge >= 0.3 is 21.7 Å². The molecule has 3 heterocycles. The van der Waals surface area contributed by atoms with E-state index >= 15 is 0 Å². The van der Waals surface area contributed by atoms with Gasteiger partial charge in [-0.1, -0.05) is 12.8 Å². The highest BCUT2D eigenvalue weighted by molar-refractivity contribution is 7.88. The van der Waals surface area contributed by atoms with Crippen LogP contribution in [0.15, 0.2) is 30.5 Å². The molecule has 3 aromatic rings. The molecular weight excluding hydrogens is 603 g/mol. The lowest BCUT2D eigenvalue weighted by Gasteiger charge is -2.27. The van der Waals surface area contributed by atoms with Crippen LogP contribution in [0.1, 0.15) is 82.3 Å². The number of nitrogens with one attached hydrogen (secondary N) is 1. The maximum Gasteiger partial charge on any atom is 0.534 e. The van der Waals surface area contributed by atoms with Gasteiger partial charge in [-0.2, -0.15) is 21.6 Å². The molecule has 3 aliphatic rings. The lowest BCUT2D eigenvalue weighted by atomic mass is 9.83. The standard InChI is InChI=1S/C30H34F3N3O5S2/c1-28(2,3)40-27(37)36-14-6-7-22(36)26-34-17-21(35-26)25-11-10-24(42-25)18-8-9-23(41-43(38,39)30(31,32)33)20-16-29(15-19(18)20)12-4-5-13-29/h8-11,17,22H,4-7,12-16H2,1-3H3,(H,34,35)/t22-/m0/s1. The first-order chi connectivity index (χ1) is 20.1. The van der Waals surface area contributed by atoms with E-state index in [-0.39, 0.29) is 23.3 Å². The number of rotatable bonds is 5. The summed E-state index contributed by atoms with van der Waals surface area (Å²) in [6.45, 7) is 6.10. The molecular formula is C30H34F3N3O5S2. The largest absolute Gasteiger partial charge is 0.534 e. The summed E-state index contributed by atoms with van der Waals surface area (Å²) >= 11 is 1.51. The number of likely N-dealkylation sites (tertiary alicyclic amines) is 1. The molecule has 1 saturated heterocycles. The molecule has 1 saturated carbocycles. The lowest BCUT2D eigenvalue weighted by Crippen LogP contribution is -2.36. The molecule has 13 heteroatoms. The fourth-order valence-corrected chi connectivity index (χ4v) is 8.19. The highest BCUT2D eigenvalue weighted by Crippen LogP contribution is 2.54. The van der Waals surface area contributed by atoms with Gasteiger partial charge < -0.3 is 13.9 Å². The number of hydrogen-bond donors (Lipinski definition) is 1. The number of carbonyl (C=O) groups is 1. The van der Waals surface area contributed by atoms with E-state index in [9.17, 15) is 26.4 Å². The van der Waals surface area contributed by atoms with Crippen molar-refractivity contribution in [3.8, 4) is 26.8 Å².